The van der Waals surface area contributed by atoms with Gasteiger partial charge in [-0.05, 0) is 13.8 Å². The van der Waals surface area contributed by atoms with Gasteiger partial charge in [-0.1, -0.05) is 5.16 Å². The van der Waals surface area contributed by atoms with Crippen molar-refractivity contribution in [3.63, 3.8) is 0 Å². The normalized spacial score (nSPS) is 15.6. The molecule has 0 radical (unpaired) electrons. The summed E-state index contributed by atoms with van der Waals surface area (Å²) in [5.41, 5.74) is 2.00. The zero-order valence-corrected chi connectivity index (χ0v) is 10.8. The Labute approximate surface area is 104 Å². The van der Waals surface area contributed by atoms with E-state index in [-0.39, 0.29) is 11.9 Å². The predicted octanol–water partition coefficient (Wildman–Crippen LogP) is 1.04. The van der Waals surface area contributed by atoms with E-state index in [1.165, 1.54) is 0 Å². The van der Waals surface area contributed by atoms with Gasteiger partial charge in [-0.25, -0.2) is 0 Å². The summed E-state index contributed by atoms with van der Waals surface area (Å²) in [5, 5.41) is 6.78. The van der Waals surface area contributed by atoms with Crippen molar-refractivity contribution < 1.29 is 14.1 Å². The Morgan fingerprint density at radius 3 is 2.82 bits per heavy atom. The van der Waals surface area contributed by atoms with Crippen LogP contribution in [0.25, 0.3) is 0 Å². The van der Waals surface area contributed by atoms with Gasteiger partial charge in [0.25, 0.3) is 0 Å². The molecule has 0 atom stereocenters. The molecule has 1 aliphatic rings. The Morgan fingerprint density at radius 2 is 2.29 bits per heavy atom. The smallest absolute Gasteiger partial charge is 0.230 e. The first-order valence-electron chi connectivity index (χ1n) is 5.53. The van der Waals surface area contributed by atoms with Crippen LogP contribution in [0.3, 0.4) is 0 Å². The van der Waals surface area contributed by atoms with Crippen molar-refractivity contribution in [1.29, 1.82) is 0 Å². The Bertz CT molecular complexity index is 382. The molecule has 2 heterocycles. The summed E-state index contributed by atoms with van der Waals surface area (Å²) in [4.78, 5) is 11.5. The monoisotopic (exact) mass is 256 g/mol. The topological polar surface area (TPSA) is 64.4 Å². The number of carbonyl (C=O) groups is 1. The lowest BCUT2D eigenvalue weighted by atomic mass is 10.2. The highest BCUT2D eigenvalue weighted by Gasteiger charge is 2.20. The molecular weight excluding hydrogens is 240 g/mol. The molecule has 1 N–H and O–H groups in total. The average molecular weight is 256 g/mol. The first kappa shape index (κ1) is 12.4. The molecule has 6 heteroatoms. The lowest BCUT2D eigenvalue weighted by molar-refractivity contribution is -0.122. The molecule has 0 spiro atoms. The lowest BCUT2D eigenvalue weighted by Crippen LogP contribution is -2.49. The van der Waals surface area contributed by atoms with E-state index in [2.05, 4.69) is 10.5 Å². The number of amides is 1. The van der Waals surface area contributed by atoms with E-state index in [1.54, 1.807) is 11.8 Å². The van der Waals surface area contributed by atoms with Gasteiger partial charge in [0, 0.05) is 11.3 Å². The first-order valence-corrected chi connectivity index (χ1v) is 6.69. The molecule has 2 rings (SSSR count). The standard InChI is InChI=1S/C11H16N2O3S/c1-7-10(8(2)16-13-7)5-17-6-11(14)12-9-3-15-4-9/h9H,3-6H2,1-2H3,(H,12,14). The Hall–Kier alpha value is -1.01. The van der Waals surface area contributed by atoms with Gasteiger partial charge in [0.15, 0.2) is 0 Å². The third-order valence-electron chi connectivity index (χ3n) is 2.66. The average Bonchev–Trinajstić information content (AvgIpc) is 2.55. The van der Waals surface area contributed by atoms with Crippen molar-refractivity contribution in [2.75, 3.05) is 19.0 Å². The summed E-state index contributed by atoms with van der Waals surface area (Å²) in [6, 6.07) is 0.210. The van der Waals surface area contributed by atoms with E-state index in [9.17, 15) is 4.79 Å². The van der Waals surface area contributed by atoms with Crippen LogP contribution in [0.2, 0.25) is 0 Å². The van der Waals surface area contributed by atoms with Gasteiger partial charge in [0.05, 0.1) is 30.7 Å². The highest BCUT2D eigenvalue weighted by Crippen LogP contribution is 2.19. The third-order valence-corrected chi connectivity index (χ3v) is 3.62. The number of aromatic nitrogens is 1. The number of nitrogens with zero attached hydrogens (tertiary/aromatic N) is 1. The highest BCUT2D eigenvalue weighted by molar-refractivity contribution is 7.99. The second kappa shape index (κ2) is 5.55. The molecule has 0 aliphatic carbocycles. The van der Waals surface area contributed by atoms with Crippen LogP contribution < -0.4 is 5.32 Å². The van der Waals surface area contributed by atoms with Gasteiger partial charge < -0.3 is 14.6 Å². The molecular formula is C11H16N2O3S. The summed E-state index contributed by atoms with van der Waals surface area (Å²) in [7, 11) is 0. The quantitative estimate of drug-likeness (QED) is 0.852. The Balaban J connectivity index is 1.70. The number of aryl methyl sites for hydroxylation is 2. The van der Waals surface area contributed by atoms with Gasteiger partial charge in [0.1, 0.15) is 5.76 Å². The van der Waals surface area contributed by atoms with E-state index in [0.717, 1.165) is 22.8 Å². The van der Waals surface area contributed by atoms with Crippen LogP contribution >= 0.6 is 11.8 Å². The zero-order chi connectivity index (χ0) is 12.3. The SMILES string of the molecule is Cc1noc(C)c1CSCC(=O)NC1COC1. The molecule has 0 unspecified atom stereocenters. The van der Waals surface area contributed by atoms with Crippen LogP contribution in [0.1, 0.15) is 17.0 Å². The maximum atomic E-state index is 11.5. The van der Waals surface area contributed by atoms with E-state index in [4.69, 9.17) is 9.26 Å². The number of rotatable bonds is 5. The second-order valence-corrected chi connectivity index (χ2v) is 5.08. The predicted molar refractivity (Wildman–Crippen MR) is 64.9 cm³/mol. The largest absolute Gasteiger partial charge is 0.377 e. The molecule has 0 aromatic carbocycles. The lowest BCUT2D eigenvalue weighted by Gasteiger charge is -2.26. The number of ether oxygens (including phenoxy) is 1. The van der Waals surface area contributed by atoms with Crippen LogP contribution in [0.5, 0.6) is 0 Å². The summed E-state index contributed by atoms with van der Waals surface area (Å²) in [5.74, 6) is 2.12. The first-order chi connectivity index (χ1) is 8.16. The summed E-state index contributed by atoms with van der Waals surface area (Å²) >= 11 is 1.57. The molecule has 1 aromatic heterocycles. The fraction of sp³-hybridized carbons (Fsp3) is 0.636. The number of carbonyl (C=O) groups excluding carboxylic acids is 1. The molecule has 1 amide bonds. The van der Waals surface area contributed by atoms with Crippen LogP contribution in [0.4, 0.5) is 0 Å². The number of hydrogen-bond acceptors (Lipinski definition) is 5. The molecule has 1 fully saturated rings. The van der Waals surface area contributed by atoms with Crippen molar-refractivity contribution in [2.45, 2.75) is 25.6 Å². The minimum absolute atomic E-state index is 0.0649. The maximum Gasteiger partial charge on any atom is 0.230 e. The number of thioether (sulfide) groups is 1. The molecule has 0 saturated carbocycles. The van der Waals surface area contributed by atoms with Crippen molar-refractivity contribution in [2.24, 2.45) is 0 Å². The van der Waals surface area contributed by atoms with Crippen molar-refractivity contribution >= 4 is 17.7 Å². The molecule has 1 aliphatic heterocycles. The van der Waals surface area contributed by atoms with Crippen molar-refractivity contribution in [3.8, 4) is 0 Å². The third kappa shape index (κ3) is 3.23. The zero-order valence-electron chi connectivity index (χ0n) is 9.99. The van der Waals surface area contributed by atoms with Crippen molar-refractivity contribution in [3.05, 3.63) is 17.0 Å². The van der Waals surface area contributed by atoms with E-state index < -0.39 is 0 Å². The van der Waals surface area contributed by atoms with Crippen LogP contribution in [0, 0.1) is 13.8 Å². The van der Waals surface area contributed by atoms with Gasteiger partial charge in [-0.15, -0.1) is 11.8 Å². The summed E-state index contributed by atoms with van der Waals surface area (Å²) < 4.78 is 10.1. The second-order valence-electron chi connectivity index (χ2n) is 4.10. The summed E-state index contributed by atoms with van der Waals surface area (Å²) in [6.45, 7) is 5.08. The molecule has 17 heavy (non-hydrogen) atoms. The van der Waals surface area contributed by atoms with E-state index in [1.807, 2.05) is 13.8 Å². The molecule has 94 valence electrons. The van der Waals surface area contributed by atoms with Crippen LogP contribution in [-0.2, 0) is 15.3 Å². The van der Waals surface area contributed by atoms with Gasteiger partial charge >= 0.3 is 0 Å². The maximum absolute atomic E-state index is 11.5. The molecule has 1 aromatic rings. The van der Waals surface area contributed by atoms with Gasteiger partial charge in [-0.2, -0.15) is 0 Å². The molecule has 0 bridgehead atoms. The fourth-order valence-electron chi connectivity index (χ4n) is 1.54. The summed E-state index contributed by atoms with van der Waals surface area (Å²) in [6.07, 6.45) is 0. The van der Waals surface area contributed by atoms with Crippen LogP contribution in [0.15, 0.2) is 4.52 Å². The minimum atomic E-state index is 0.0649. The number of nitrogens with one attached hydrogen (secondary N) is 1. The van der Waals surface area contributed by atoms with E-state index in [0.29, 0.717) is 19.0 Å². The van der Waals surface area contributed by atoms with Gasteiger partial charge in [-0.3, -0.25) is 4.79 Å². The number of hydrogen-bond donors (Lipinski definition) is 1. The molecule has 5 nitrogen and oxygen atoms in total. The fourth-order valence-corrected chi connectivity index (χ4v) is 2.53. The minimum Gasteiger partial charge on any atom is -0.377 e. The van der Waals surface area contributed by atoms with Gasteiger partial charge in [0.2, 0.25) is 5.91 Å². The molecule has 1 saturated heterocycles. The Morgan fingerprint density at radius 1 is 1.53 bits per heavy atom. The Kier molecular flexibility index (Phi) is 4.06. The van der Waals surface area contributed by atoms with Crippen molar-refractivity contribution in [1.82, 2.24) is 10.5 Å². The van der Waals surface area contributed by atoms with Crippen LogP contribution in [-0.4, -0.2) is 36.1 Å². The highest BCUT2D eigenvalue weighted by atomic mass is 32.2. The van der Waals surface area contributed by atoms with E-state index >= 15 is 0 Å².